The van der Waals surface area contributed by atoms with Gasteiger partial charge in [0.25, 0.3) is 0 Å². The van der Waals surface area contributed by atoms with Crippen molar-refractivity contribution >= 4 is 22.3 Å². The first-order valence-corrected chi connectivity index (χ1v) is 10.5. The molecule has 5 rings (SSSR count). The van der Waals surface area contributed by atoms with Gasteiger partial charge >= 0.3 is 6.18 Å². The lowest BCUT2D eigenvalue weighted by atomic mass is 10.0. The largest absolute Gasteiger partial charge is 0.417 e. The summed E-state index contributed by atoms with van der Waals surface area (Å²) in [7, 11) is 0. The number of benzene rings is 1. The first-order valence-electron chi connectivity index (χ1n) is 10.5. The van der Waals surface area contributed by atoms with Crippen molar-refractivity contribution < 1.29 is 13.2 Å². The van der Waals surface area contributed by atoms with E-state index in [4.69, 9.17) is 0 Å². The molecule has 1 aliphatic rings. The van der Waals surface area contributed by atoms with Crippen molar-refractivity contribution in [1.29, 1.82) is 0 Å². The van der Waals surface area contributed by atoms with E-state index in [1.54, 1.807) is 0 Å². The van der Waals surface area contributed by atoms with Crippen molar-refractivity contribution in [3.8, 4) is 11.1 Å². The van der Waals surface area contributed by atoms with Crippen LogP contribution in [0.5, 0.6) is 0 Å². The predicted octanol–water partition coefficient (Wildman–Crippen LogP) is 5.33. The Hall–Kier alpha value is -3.72. The summed E-state index contributed by atoms with van der Waals surface area (Å²) < 4.78 is 39.0. The zero-order valence-corrected chi connectivity index (χ0v) is 17.7. The fourth-order valence-corrected chi connectivity index (χ4v) is 3.85. The molecule has 0 unspecified atom stereocenters. The molecule has 1 fully saturated rings. The van der Waals surface area contributed by atoms with Crippen LogP contribution in [0.15, 0.2) is 61.7 Å². The predicted molar refractivity (Wildman–Crippen MR) is 121 cm³/mol. The highest BCUT2D eigenvalue weighted by molar-refractivity contribution is 5.95. The molecule has 0 atom stereocenters. The van der Waals surface area contributed by atoms with Gasteiger partial charge < -0.3 is 5.32 Å². The molecule has 33 heavy (non-hydrogen) atoms. The summed E-state index contributed by atoms with van der Waals surface area (Å²) in [6.45, 7) is 7.09. The van der Waals surface area contributed by atoms with E-state index in [0.29, 0.717) is 11.4 Å². The van der Waals surface area contributed by atoms with Crippen LogP contribution in [0.25, 0.3) is 27.7 Å². The second-order valence-corrected chi connectivity index (χ2v) is 8.11. The zero-order chi connectivity index (χ0) is 23.0. The molecule has 1 aliphatic heterocycles. The second kappa shape index (κ2) is 8.32. The minimum absolute atomic E-state index is 0.185. The molecule has 4 aromatic rings. The monoisotopic (exact) mass is 450 g/mol. The normalized spacial score (nSPS) is 14.3. The molecule has 1 aromatic carbocycles. The molecule has 0 saturated carbocycles. The van der Waals surface area contributed by atoms with Gasteiger partial charge in [-0.3, -0.25) is 20.0 Å². The smallest absolute Gasteiger partial charge is 0.353 e. The molecule has 6 nitrogen and oxygen atoms in total. The standard InChI is InChI=1S/C24H21F3N6/c1-15(30-20-9-19(12-29-13-20)24(25,26)27)23-21-8-17(3-4-22(21)31-32-23)18-7-16(10-28-11-18)14-33-5-2-6-33/h3-4,7-13,30H,1-2,5-6,14H2,(H,31,32). The number of pyridine rings is 2. The molecule has 0 bridgehead atoms. The Bertz CT molecular complexity index is 1320. The van der Waals surface area contributed by atoms with E-state index in [0.717, 1.165) is 59.5 Å². The van der Waals surface area contributed by atoms with Crippen LogP contribution >= 0.6 is 0 Å². The Morgan fingerprint density at radius 1 is 1.03 bits per heavy atom. The molecule has 4 heterocycles. The minimum atomic E-state index is -4.47. The topological polar surface area (TPSA) is 69.7 Å². The Morgan fingerprint density at radius 2 is 1.85 bits per heavy atom. The van der Waals surface area contributed by atoms with Gasteiger partial charge in [0.1, 0.15) is 5.69 Å². The van der Waals surface area contributed by atoms with E-state index < -0.39 is 11.7 Å². The molecule has 0 radical (unpaired) electrons. The number of halogens is 3. The van der Waals surface area contributed by atoms with Gasteiger partial charge in [-0.15, -0.1) is 0 Å². The van der Waals surface area contributed by atoms with Crippen LogP contribution in [0.4, 0.5) is 18.9 Å². The Morgan fingerprint density at radius 3 is 2.61 bits per heavy atom. The first kappa shape index (κ1) is 21.1. The summed E-state index contributed by atoms with van der Waals surface area (Å²) in [5, 5.41) is 11.0. The minimum Gasteiger partial charge on any atom is -0.353 e. The van der Waals surface area contributed by atoms with Gasteiger partial charge in [0.2, 0.25) is 0 Å². The third-order valence-electron chi connectivity index (χ3n) is 5.69. The molecular weight excluding hydrogens is 429 g/mol. The average molecular weight is 450 g/mol. The van der Waals surface area contributed by atoms with Crippen LogP contribution in [-0.4, -0.2) is 38.2 Å². The third-order valence-corrected chi connectivity index (χ3v) is 5.69. The maximum absolute atomic E-state index is 13.0. The molecule has 1 saturated heterocycles. The van der Waals surface area contributed by atoms with E-state index in [1.165, 1.54) is 12.6 Å². The molecule has 0 amide bonds. The van der Waals surface area contributed by atoms with Gasteiger partial charge in [-0.05, 0) is 54.9 Å². The lowest BCUT2D eigenvalue weighted by molar-refractivity contribution is -0.137. The number of nitrogens with one attached hydrogen (secondary N) is 2. The molecule has 168 valence electrons. The highest BCUT2D eigenvalue weighted by atomic mass is 19.4. The SMILES string of the molecule is C=C(Nc1cncc(C(F)(F)F)c1)c1n[nH]c2ccc(-c3cncc(CN4CCC4)c3)cc12. The summed E-state index contributed by atoms with van der Waals surface area (Å²) >= 11 is 0. The van der Waals surface area contributed by atoms with Gasteiger partial charge in [-0.25, -0.2) is 0 Å². The fraction of sp³-hybridized carbons (Fsp3) is 0.208. The number of anilines is 1. The van der Waals surface area contributed by atoms with Crippen LogP contribution in [0.2, 0.25) is 0 Å². The summed E-state index contributed by atoms with van der Waals surface area (Å²) in [4.78, 5) is 10.5. The number of alkyl halides is 3. The number of fused-ring (bicyclic) bond motifs is 1. The second-order valence-electron chi connectivity index (χ2n) is 8.11. The zero-order valence-electron chi connectivity index (χ0n) is 17.7. The summed E-state index contributed by atoms with van der Waals surface area (Å²) in [5.74, 6) is 0. The number of nitrogens with zero attached hydrogens (tertiary/aromatic N) is 4. The van der Waals surface area contributed by atoms with Crippen molar-refractivity contribution in [2.75, 3.05) is 18.4 Å². The molecule has 0 spiro atoms. The average Bonchev–Trinajstić information content (AvgIpc) is 3.19. The van der Waals surface area contributed by atoms with Gasteiger partial charge in [0, 0.05) is 36.1 Å². The first-order chi connectivity index (χ1) is 15.9. The number of aromatic amines is 1. The Kier molecular flexibility index (Phi) is 5.33. The Labute approximate surface area is 188 Å². The van der Waals surface area contributed by atoms with Crippen LogP contribution in [0.1, 0.15) is 23.2 Å². The van der Waals surface area contributed by atoms with E-state index in [-0.39, 0.29) is 5.69 Å². The summed E-state index contributed by atoms with van der Waals surface area (Å²) in [6, 6.07) is 9.02. The highest BCUT2D eigenvalue weighted by Gasteiger charge is 2.31. The van der Waals surface area contributed by atoms with Gasteiger partial charge in [-0.2, -0.15) is 18.3 Å². The van der Waals surface area contributed by atoms with Crippen molar-refractivity contribution in [3.05, 3.63) is 78.5 Å². The molecule has 9 heteroatoms. The van der Waals surface area contributed by atoms with Gasteiger partial charge in [-0.1, -0.05) is 12.6 Å². The van der Waals surface area contributed by atoms with Crippen molar-refractivity contribution in [3.63, 3.8) is 0 Å². The number of rotatable bonds is 6. The molecule has 3 aromatic heterocycles. The maximum Gasteiger partial charge on any atom is 0.417 e. The number of aromatic nitrogens is 4. The molecule has 2 N–H and O–H groups in total. The quantitative estimate of drug-likeness (QED) is 0.416. The van der Waals surface area contributed by atoms with Gasteiger partial charge in [0.15, 0.2) is 0 Å². The van der Waals surface area contributed by atoms with E-state index in [2.05, 4.69) is 43.0 Å². The van der Waals surface area contributed by atoms with Crippen molar-refractivity contribution in [2.45, 2.75) is 19.1 Å². The number of likely N-dealkylation sites (tertiary alicyclic amines) is 1. The van der Waals surface area contributed by atoms with E-state index in [1.807, 2.05) is 30.6 Å². The lowest BCUT2D eigenvalue weighted by Gasteiger charge is -2.30. The molecular formula is C24H21F3N6. The van der Waals surface area contributed by atoms with Crippen molar-refractivity contribution in [1.82, 2.24) is 25.1 Å². The lowest BCUT2D eigenvalue weighted by Crippen LogP contribution is -2.36. The number of H-pyrrole nitrogens is 1. The van der Waals surface area contributed by atoms with E-state index >= 15 is 0 Å². The van der Waals surface area contributed by atoms with Crippen LogP contribution in [0.3, 0.4) is 0 Å². The van der Waals surface area contributed by atoms with Gasteiger partial charge in [0.05, 0.1) is 28.7 Å². The highest BCUT2D eigenvalue weighted by Crippen LogP contribution is 2.32. The number of hydrogen-bond donors (Lipinski definition) is 2. The fourth-order valence-electron chi connectivity index (χ4n) is 3.85. The van der Waals surface area contributed by atoms with Crippen molar-refractivity contribution in [2.24, 2.45) is 0 Å². The Balaban J connectivity index is 1.42. The third kappa shape index (κ3) is 4.45. The maximum atomic E-state index is 13.0. The van der Waals surface area contributed by atoms with E-state index in [9.17, 15) is 13.2 Å². The van der Waals surface area contributed by atoms with Crippen LogP contribution in [-0.2, 0) is 12.7 Å². The summed E-state index contributed by atoms with van der Waals surface area (Å²) in [5.41, 5.74) is 4.15. The van der Waals surface area contributed by atoms with Crippen LogP contribution in [0, 0.1) is 0 Å². The summed E-state index contributed by atoms with van der Waals surface area (Å²) in [6.07, 6.45) is 2.57. The van der Waals surface area contributed by atoms with Crippen LogP contribution < -0.4 is 5.32 Å². The number of hydrogen-bond acceptors (Lipinski definition) is 5. The molecule has 0 aliphatic carbocycles.